The zero-order chi connectivity index (χ0) is 39.3. The Morgan fingerprint density at radius 2 is 0.783 bits per heavy atom. The third kappa shape index (κ3) is 4.98. The number of hydrogen-bond acceptors (Lipinski definition) is 4. The second-order valence-electron chi connectivity index (χ2n) is 15.6. The van der Waals surface area contributed by atoms with E-state index in [4.69, 9.17) is 13.3 Å². The van der Waals surface area contributed by atoms with Gasteiger partial charge in [-0.2, -0.15) is 0 Å². The summed E-state index contributed by atoms with van der Waals surface area (Å²) in [5.41, 5.74) is 12.9. The van der Waals surface area contributed by atoms with E-state index in [2.05, 4.69) is 181 Å². The van der Waals surface area contributed by atoms with Gasteiger partial charge in [0, 0.05) is 60.8 Å². The highest BCUT2D eigenvalue weighted by molar-refractivity contribution is 6.31. The van der Waals surface area contributed by atoms with Gasteiger partial charge in [-0.3, -0.25) is 0 Å². The van der Waals surface area contributed by atoms with Gasteiger partial charge in [0.15, 0.2) is 0 Å². The zero-order valence-corrected chi connectivity index (χ0v) is 32.2. The van der Waals surface area contributed by atoms with Crippen LogP contribution in [0.5, 0.6) is 0 Å². The maximum Gasteiger partial charge on any atom is 0.137 e. The monoisotopic (exact) mass is 767 g/mol. The maximum atomic E-state index is 6.61. The molecule has 0 atom stereocenters. The maximum absolute atomic E-state index is 6.61. The summed E-state index contributed by atoms with van der Waals surface area (Å²) < 4.78 is 19.3. The van der Waals surface area contributed by atoms with Gasteiger partial charge < -0.3 is 18.2 Å². The first kappa shape index (κ1) is 32.9. The molecule has 0 saturated carbocycles. The number of benzene rings is 10. The lowest BCUT2D eigenvalue weighted by Gasteiger charge is -2.26. The van der Waals surface area contributed by atoms with Gasteiger partial charge in [-0.1, -0.05) is 121 Å². The predicted octanol–water partition coefficient (Wildman–Crippen LogP) is 16.5. The quantitative estimate of drug-likeness (QED) is 0.175. The minimum absolute atomic E-state index is 0.857. The molecule has 0 spiro atoms. The number of rotatable bonds is 5. The molecule has 4 nitrogen and oxygen atoms in total. The lowest BCUT2D eigenvalue weighted by atomic mass is 9.97. The summed E-state index contributed by atoms with van der Waals surface area (Å²) in [4.78, 5) is 2.30. The van der Waals surface area contributed by atoms with Crippen LogP contribution < -0.4 is 4.90 Å². The fraction of sp³-hybridized carbons (Fsp3) is 0. The van der Waals surface area contributed by atoms with Crippen LogP contribution in [-0.4, -0.2) is 0 Å². The lowest BCUT2D eigenvalue weighted by molar-refractivity contribution is 0.668. The Balaban J connectivity index is 0.915. The zero-order valence-electron chi connectivity index (χ0n) is 32.2. The Morgan fingerprint density at radius 3 is 1.55 bits per heavy atom. The van der Waals surface area contributed by atoms with E-state index >= 15 is 0 Å². The van der Waals surface area contributed by atoms with Gasteiger partial charge in [0.1, 0.15) is 33.5 Å². The number of nitrogens with zero attached hydrogens (tertiary/aromatic N) is 1. The average molecular weight is 768 g/mol. The molecule has 0 N–H and O–H groups in total. The SMILES string of the molecule is c1ccc2c(-c3ccc(N(c4ccc(-c5ccc6c(c5)oc5ccc7ccc8oc9ccccc9c8c7c56)cc4)c4ccc5c(c4)oc4ccccc45)cc3)cccc2c1. The molecule has 0 bridgehead atoms. The van der Waals surface area contributed by atoms with Crippen molar-refractivity contribution >= 4 is 104 Å². The van der Waals surface area contributed by atoms with Crippen molar-refractivity contribution in [2.75, 3.05) is 4.90 Å². The normalized spacial score (nSPS) is 12.0. The molecular formula is C56H33NO3. The van der Waals surface area contributed by atoms with Gasteiger partial charge in [0.25, 0.3) is 0 Å². The molecule has 280 valence electrons. The minimum Gasteiger partial charge on any atom is -0.456 e. The molecule has 0 unspecified atom stereocenters. The summed E-state index contributed by atoms with van der Waals surface area (Å²) in [5, 5.41) is 11.5. The lowest BCUT2D eigenvalue weighted by Crippen LogP contribution is -2.09. The van der Waals surface area contributed by atoms with Crippen LogP contribution in [0.15, 0.2) is 213 Å². The Labute approximate surface area is 343 Å². The van der Waals surface area contributed by atoms with Crippen LogP contribution in [0.4, 0.5) is 17.1 Å². The highest BCUT2D eigenvalue weighted by Gasteiger charge is 2.19. The molecule has 0 aliphatic rings. The molecule has 13 aromatic rings. The molecule has 0 amide bonds. The second-order valence-corrected chi connectivity index (χ2v) is 15.6. The number of hydrogen-bond donors (Lipinski definition) is 0. The molecule has 0 aliphatic carbocycles. The Kier molecular flexibility index (Phi) is 6.98. The van der Waals surface area contributed by atoms with E-state index in [9.17, 15) is 0 Å². The molecule has 0 radical (unpaired) electrons. The fourth-order valence-electron chi connectivity index (χ4n) is 9.45. The Bertz CT molecular complexity index is 3820. The van der Waals surface area contributed by atoms with Crippen LogP contribution in [0, 0.1) is 0 Å². The summed E-state index contributed by atoms with van der Waals surface area (Å²) in [6.45, 7) is 0. The molecule has 13 rings (SSSR count). The molecule has 3 heterocycles. The highest BCUT2D eigenvalue weighted by Crippen LogP contribution is 2.44. The number of para-hydroxylation sites is 2. The van der Waals surface area contributed by atoms with Crippen LogP contribution >= 0.6 is 0 Å². The summed E-state index contributed by atoms with van der Waals surface area (Å²) in [5.74, 6) is 0. The van der Waals surface area contributed by atoms with E-state index in [1.54, 1.807) is 0 Å². The van der Waals surface area contributed by atoms with Gasteiger partial charge in [-0.05, 0) is 111 Å². The minimum atomic E-state index is 0.857. The Morgan fingerprint density at radius 1 is 0.267 bits per heavy atom. The van der Waals surface area contributed by atoms with E-state index in [1.165, 1.54) is 21.9 Å². The highest BCUT2D eigenvalue weighted by atomic mass is 16.3. The van der Waals surface area contributed by atoms with Crippen LogP contribution in [0.25, 0.3) is 110 Å². The summed E-state index contributed by atoms with van der Waals surface area (Å²) in [7, 11) is 0. The van der Waals surface area contributed by atoms with Crippen molar-refractivity contribution in [2.24, 2.45) is 0 Å². The first-order chi connectivity index (χ1) is 29.7. The van der Waals surface area contributed by atoms with Crippen LogP contribution in [0.3, 0.4) is 0 Å². The number of anilines is 3. The van der Waals surface area contributed by atoms with E-state index in [-0.39, 0.29) is 0 Å². The molecule has 10 aromatic carbocycles. The fourth-order valence-corrected chi connectivity index (χ4v) is 9.45. The third-order valence-corrected chi connectivity index (χ3v) is 12.3. The van der Waals surface area contributed by atoms with Crippen molar-refractivity contribution in [1.29, 1.82) is 0 Å². The molecule has 60 heavy (non-hydrogen) atoms. The first-order valence-corrected chi connectivity index (χ1v) is 20.3. The summed E-state index contributed by atoms with van der Waals surface area (Å²) >= 11 is 0. The van der Waals surface area contributed by atoms with Gasteiger partial charge >= 0.3 is 0 Å². The van der Waals surface area contributed by atoms with E-state index in [0.29, 0.717) is 0 Å². The van der Waals surface area contributed by atoms with Crippen LogP contribution in [0.2, 0.25) is 0 Å². The molecular weight excluding hydrogens is 735 g/mol. The Hall–Kier alpha value is -8.08. The molecule has 0 aliphatic heterocycles. The van der Waals surface area contributed by atoms with Crippen molar-refractivity contribution in [1.82, 2.24) is 0 Å². The van der Waals surface area contributed by atoms with Crippen molar-refractivity contribution in [3.8, 4) is 22.3 Å². The van der Waals surface area contributed by atoms with Crippen molar-refractivity contribution in [2.45, 2.75) is 0 Å². The molecule has 0 saturated heterocycles. The molecule has 3 aromatic heterocycles. The topological polar surface area (TPSA) is 42.7 Å². The first-order valence-electron chi connectivity index (χ1n) is 20.3. The number of furan rings is 3. The largest absolute Gasteiger partial charge is 0.456 e. The standard InChI is InChI=1S/C56H33NO3/c1-2-10-42-35(8-1)9-7-13-43(42)36-18-25-40(26-19-36)57(41-27-29-45-44-11-3-5-14-48(44)59-53(45)33-41)39-23-16-34(17-24-39)38-20-28-47-52(32-38)60-51-31-22-37-21-30-50-55(54(37)56(47)51)46-12-4-6-15-49(46)58-50/h1-33H. The van der Waals surface area contributed by atoms with Gasteiger partial charge in [-0.15, -0.1) is 0 Å². The van der Waals surface area contributed by atoms with Crippen molar-refractivity contribution < 1.29 is 13.3 Å². The summed E-state index contributed by atoms with van der Waals surface area (Å²) in [6, 6.07) is 70.8. The van der Waals surface area contributed by atoms with Gasteiger partial charge in [0.05, 0.1) is 0 Å². The van der Waals surface area contributed by atoms with Crippen molar-refractivity contribution in [3.63, 3.8) is 0 Å². The average Bonchev–Trinajstić information content (AvgIpc) is 4.00. The predicted molar refractivity (Wildman–Crippen MR) is 249 cm³/mol. The molecule has 0 fully saturated rings. The van der Waals surface area contributed by atoms with Gasteiger partial charge in [0.2, 0.25) is 0 Å². The summed E-state index contributed by atoms with van der Waals surface area (Å²) in [6.07, 6.45) is 0. The van der Waals surface area contributed by atoms with E-state index in [1.807, 2.05) is 24.3 Å². The van der Waals surface area contributed by atoms with Crippen molar-refractivity contribution in [3.05, 3.63) is 200 Å². The van der Waals surface area contributed by atoms with Crippen LogP contribution in [-0.2, 0) is 0 Å². The smallest absolute Gasteiger partial charge is 0.137 e. The number of fused-ring (bicyclic) bond motifs is 13. The third-order valence-electron chi connectivity index (χ3n) is 12.3. The van der Waals surface area contributed by atoms with Gasteiger partial charge in [-0.25, -0.2) is 0 Å². The van der Waals surface area contributed by atoms with E-state index < -0.39 is 0 Å². The van der Waals surface area contributed by atoms with Crippen LogP contribution in [0.1, 0.15) is 0 Å². The molecule has 4 heteroatoms. The second kappa shape index (κ2) is 12.7. The van der Waals surface area contributed by atoms with E-state index in [0.717, 1.165) is 105 Å².